The largest absolute Gasteiger partial charge is 0.360 e. The molecule has 144 valence electrons. The molecular formula is C19H15ClN8O. The fourth-order valence-electron chi connectivity index (χ4n) is 3.22. The molecule has 29 heavy (non-hydrogen) atoms. The van der Waals surface area contributed by atoms with Crippen LogP contribution in [0, 0.1) is 6.92 Å². The van der Waals surface area contributed by atoms with Crippen LogP contribution >= 0.6 is 11.6 Å². The van der Waals surface area contributed by atoms with E-state index in [0.717, 1.165) is 16.5 Å². The van der Waals surface area contributed by atoms with E-state index < -0.39 is 0 Å². The quantitative estimate of drug-likeness (QED) is 0.458. The monoisotopic (exact) mass is 406 g/mol. The van der Waals surface area contributed by atoms with Gasteiger partial charge in [-0.25, -0.2) is 19.9 Å². The lowest BCUT2D eigenvalue weighted by molar-refractivity contribution is 0.394. The van der Waals surface area contributed by atoms with Crippen LogP contribution in [0.25, 0.3) is 33.5 Å². The normalized spacial score (nSPS) is 12.5. The van der Waals surface area contributed by atoms with Crippen molar-refractivity contribution in [1.29, 1.82) is 0 Å². The van der Waals surface area contributed by atoms with Gasteiger partial charge in [-0.15, -0.1) is 0 Å². The number of hydrogen-bond donors (Lipinski definition) is 2. The smallest absolute Gasteiger partial charge is 0.223 e. The standard InChI is InChI=1S/C19H15ClN8O/c1-9(25-18-16-17(22-7-21-16)23-8-24-18)13-6-11-4-3-5-12(20)14(11)15(27-13)19-26-10(2)29-28-19/h3-9H,1-2H3,(H2,21,22,23,24,25)/t9-/m0/s1. The van der Waals surface area contributed by atoms with Gasteiger partial charge < -0.3 is 14.8 Å². The maximum atomic E-state index is 6.46. The van der Waals surface area contributed by atoms with Gasteiger partial charge >= 0.3 is 0 Å². The van der Waals surface area contributed by atoms with E-state index in [1.165, 1.54) is 6.33 Å². The van der Waals surface area contributed by atoms with Crippen LogP contribution in [0.4, 0.5) is 5.82 Å². The summed E-state index contributed by atoms with van der Waals surface area (Å²) in [5.41, 5.74) is 2.67. The second-order valence-electron chi connectivity index (χ2n) is 6.56. The van der Waals surface area contributed by atoms with E-state index >= 15 is 0 Å². The zero-order chi connectivity index (χ0) is 20.0. The Balaban J connectivity index is 1.62. The molecule has 0 radical (unpaired) electrons. The number of benzene rings is 1. The van der Waals surface area contributed by atoms with E-state index in [0.29, 0.717) is 39.4 Å². The molecule has 0 spiro atoms. The molecule has 4 heterocycles. The van der Waals surface area contributed by atoms with Crippen molar-refractivity contribution in [2.24, 2.45) is 0 Å². The highest BCUT2D eigenvalue weighted by Gasteiger charge is 2.19. The predicted octanol–water partition coefficient (Wildman–Crippen LogP) is 4.09. The highest BCUT2D eigenvalue weighted by atomic mass is 35.5. The topological polar surface area (TPSA) is 118 Å². The lowest BCUT2D eigenvalue weighted by Crippen LogP contribution is -2.11. The maximum Gasteiger partial charge on any atom is 0.223 e. The van der Waals surface area contributed by atoms with Crippen molar-refractivity contribution in [2.75, 3.05) is 5.32 Å². The second-order valence-corrected chi connectivity index (χ2v) is 6.97. The summed E-state index contributed by atoms with van der Waals surface area (Å²) in [6.45, 7) is 3.73. The van der Waals surface area contributed by atoms with Gasteiger partial charge in [-0.2, -0.15) is 4.98 Å². The number of hydrogen-bond acceptors (Lipinski definition) is 8. The lowest BCUT2D eigenvalue weighted by atomic mass is 10.1. The molecule has 0 aliphatic rings. The molecule has 10 heteroatoms. The highest BCUT2D eigenvalue weighted by Crippen LogP contribution is 2.33. The van der Waals surface area contributed by atoms with Crippen LogP contribution in [-0.2, 0) is 0 Å². The lowest BCUT2D eigenvalue weighted by Gasteiger charge is -2.16. The van der Waals surface area contributed by atoms with Crippen LogP contribution in [0.5, 0.6) is 0 Å². The fourth-order valence-corrected chi connectivity index (χ4v) is 3.49. The zero-order valence-electron chi connectivity index (χ0n) is 15.5. The molecule has 0 aliphatic carbocycles. The van der Waals surface area contributed by atoms with Gasteiger partial charge in [0.1, 0.15) is 17.5 Å². The molecule has 0 unspecified atom stereocenters. The van der Waals surface area contributed by atoms with Gasteiger partial charge in [0.2, 0.25) is 11.7 Å². The van der Waals surface area contributed by atoms with E-state index in [-0.39, 0.29) is 6.04 Å². The number of aryl methyl sites for hydroxylation is 1. The molecular weight excluding hydrogens is 392 g/mol. The Kier molecular flexibility index (Phi) is 4.09. The third kappa shape index (κ3) is 3.05. The predicted molar refractivity (Wildman–Crippen MR) is 109 cm³/mol. The first-order valence-electron chi connectivity index (χ1n) is 8.90. The van der Waals surface area contributed by atoms with Crippen LogP contribution in [0.2, 0.25) is 5.02 Å². The van der Waals surface area contributed by atoms with Gasteiger partial charge in [-0.05, 0) is 24.4 Å². The van der Waals surface area contributed by atoms with Crippen LogP contribution in [0.1, 0.15) is 24.6 Å². The van der Waals surface area contributed by atoms with Crippen molar-refractivity contribution >= 4 is 39.4 Å². The van der Waals surface area contributed by atoms with Crippen molar-refractivity contribution in [3.05, 3.63) is 53.5 Å². The zero-order valence-corrected chi connectivity index (χ0v) is 16.3. The van der Waals surface area contributed by atoms with E-state index in [9.17, 15) is 0 Å². The molecule has 5 aromatic rings. The highest BCUT2D eigenvalue weighted by molar-refractivity contribution is 6.36. The molecule has 0 aliphatic heterocycles. The van der Waals surface area contributed by atoms with E-state index in [1.54, 1.807) is 13.3 Å². The minimum Gasteiger partial charge on any atom is -0.360 e. The van der Waals surface area contributed by atoms with Crippen molar-refractivity contribution < 1.29 is 4.52 Å². The number of anilines is 1. The minimum absolute atomic E-state index is 0.181. The second kappa shape index (κ2) is 6.78. The Morgan fingerprint density at radius 2 is 2.07 bits per heavy atom. The molecule has 9 nitrogen and oxygen atoms in total. The Bertz CT molecular complexity index is 1340. The van der Waals surface area contributed by atoms with Gasteiger partial charge in [-0.3, -0.25) is 0 Å². The SMILES string of the molecule is Cc1nc(-c2nc([C@H](C)Nc3ncnc4[nH]cnc34)cc3cccc(Cl)c23)no1. The Labute approximate surface area is 169 Å². The summed E-state index contributed by atoms with van der Waals surface area (Å²) in [5.74, 6) is 1.47. The number of aromatic nitrogens is 7. The first kappa shape index (κ1) is 17.5. The van der Waals surface area contributed by atoms with E-state index in [1.807, 2.05) is 31.2 Å². The Morgan fingerprint density at radius 3 is 2.90 bits per heavy atom. The number of nitrogens with one attached hydrogen (secondary N) is 2. The summed E-state index contributed by atoms with van der Waals surface area (Å²) in [6.07, 6.45) is 3.07. The third-order valence-corrected chi connectivity index (χ3v) is 4.90. The van der Waals surface area contributed by atoms with E-state index in [4.69, 9.17) is 21.1 Å². The third-order valence-electron chi connectivity index (χ3n) is 4.58. The van der Waals surface area contributed by atoms with Crippen LogP contribution in [-0.4, -0.2) is 35.1 Å². The van der Waals surface area contributed by atoms with Gasteiger partial charge in [0.15, 0.2) is 11.5 Å². The average Bonchev–Trinajstić information content (AvgIpc) is 3.37. The van der Waals surface area contributed by atoms with Gasteiger partial charge in [0.25, 0.3) is 0 Å². The molecule has 1 atom stereocenters. The first-order chi connectivity index (χ1) is 14.1. The van der Waals surface area contributed by atoms with Gasteiger partial charge in [-0.1, -0.05) is 28.9 Å². The Hall–Kier alpha value is -3.59. The summed E-state index contributed by atoms with van der Waals surface area (Å²) >= 11 is 6.46. The van der Waals surface area contributed by atoms with Crippen LogP contribution in [0.3, 0.4) is 0 Å². The molecule has 0 fully saturated rings. The number of halogens is 1. The van der Waals surface area contributed by atoms with Crippen molar-refractivity contribution in [2.45, 2.75) is 19.9 Å². The molecule has 0 amide bonds. The number of pyridine rings is 1. The van der Waals surface area contributed by atoms with Crippen LogP contribution < -0.4 is 5.32 Å². The summed E-state index contributed by atoms with van der Waals surface area (Å²) < 4.78 is 5.15. The summed E-state index contributed by atoms with van der Waals surface area (Å²) in [4.78, 5) is 24.9. The van der Waals surface area contributed by atoms with E-state index in [2.05, 4.69) is 35.4 Å². The number of imidazole rings is 1. The molecule has 1 aromatic carbocycles. The molecule has 0 bridgehead atoms. The summed E-state index contributed by atoms with van der Waals surface area (Å²) in [5, 5.41) is 9.68. The molecule has 0 saturated carbocycles. The average molecular weight is 407 g/mol. The number of aromatic amines is 1. The number of nitrogens with zero attached hydrogens (tertiary/aromatic N) is 6. The maximum absolute atomic E-state index is 6.46. The first-order valence-corrected chi connectivity index (χ1v) is 9.28. The van der Waals surface area contributed by atoms with Crippen molar-refractivity contribution in [1.82, 2.24) is 35.1 Å². The van der Waals surface area contributed by atoms with Crippen molar-refractivity contribution in [3.63, 3.8) is 0 Å². The fraction of sp³-hybridized carbons (Fsp3) is 0.158. The molecule has 0 saturated heterocycles. The number of rotatable bonds is 4. The Morgan fingerprint density at radius 1 is 1.17 bits per heavy atom. The number of H-pyrrole nitrogens is 1. The van der Waals surface area contributed by atoms with Gasteiger partial charge in [0.05, 0.1) is 23.1 Å². The molecule has 5 rings (SSSR count). The van der Waals surface area contributed by atoms with Gasteiger partial charge in [0, 0.05) is 12.3 Å². The molecule has 4 aromatic heterocycles. The number of fused-ring (bicyclic) bond motifs is 2. The van der Waals surface area contributed by atoms with Crippen LogP contribution in [0.15, 0.2) is 41.4 Å². The minimum atomic E-state index is -0.181. The molecule has 2 N–H and O–H groups in total. The van der Waals surface area contributed by atoms with Crippen molar-refractivity contribution in [3.8, 4) is 11.5 Å². The summed E-state index contributed by atoms with van der Waals surface area (Å²) in [7, 11) is 0. The summed E-state index contributed by atoms with van der Waals surface area (Å²) in [6, 6.07) is 7.50.